The smallest absolute Gasteiger partial charge is 0.353 e. The summed E-state index contributed by atoms with van der Waals surface area (Å²) in [7, 11) is 1.61. The molecule has 0 spiro atoms. The Morgan fingerprint density at radius 2 is 1.67 bits per heavy atom. The minimum absolute atomic E-state index is 0.00434. The molecule has 268 valence electrons. The number of nitrogens with zero attached hydrogens (tertiary/aromatic N) is 4. The van der Waals surface area contributed by atoms with E-state index in [-0.39, 0.29) is 95.9 Å². The van der Waals surface area contributed by atoms with Crippen LogP contribution in [0, 0.1) is 11.3 Å². The van der Waals surface area contributed by atoms with E-state index in [1.54, 1.807) is 11.9 Å². The fourth-order valence-electron chi connectivity index (χ4n) is 5.84. The van der Waals surface area contributed by atoms with Crippen molar-refractivity contribution < 1.29 is 40.3 Å². The molecule has 2 amide bonds. The molecule has 2 aromatic heterocycles. The van der Waals surface area contributed by atoms with Gasteiger partial charge in [0, 0.05) is 26.2 Å². The first-order chi connectivity index (χ1) is 22.8. The number of halogens is 9. The predicted molar refractivity (Wildman–Crippen MR) is 171 cm³/mol. The zero-order valence-electron chi connectivity index (χ0n) is 26.6. The summed E-state index contributed by atoms with van der Waals surface area (Å²) < 4.78 is 95.3. The van der Waals surface area contributed by atoms with Gasteiger partial charge in [-0.2, -0.15) is 26.3 Å². The second-order valence-electron chi connectivity index (χ2n) is 12.9. The van der Waals surface area contributed by atoms with Crippen molar-refractivity contribution in [2.24, 2.45) is 18.4 Å². The molecule has 1 saturated heterocycles. The molecule has 0 unspecified atom stereocenters. The van der Waals surface area contributed by atoms with E-state index in [1.807, 2.05) is 0 Å². The van der Waals surface area contributed by atoms with Gasteiger partial charge in [-0.15, -0.1) is 0 Å². The summed E-state index contributed by atoms with van der Waals surface area (Å²) in [5.41, 5.74) is -1.62. The monoisotopic (exact) mass is 739 g/mol. The molecule has 1 aliphatic carbocycles. The van der Waals surface area contributed by atoms with Gasteiger partial charge in [0.2, 0.25) is 11.9 Å². The second kappa shape index (κ2) is 13.6. The average molecular weight is 741 g/mol. The van der Waals surface area contributed by atoms with E-state index in [2.05, 4.69) is 25.9 Å². The van der Waals surface area contributed by atoms with E-state index in [0.717, 1.165) is 13.8 Å². The highest BCUT2D eigenvalue weighted by atomic mass is 35.5. The van der Waals surface area contributed by atoms with Gasteiger partial charge in [-0.05, 0) is 63.6 Å². The van der Waals surface area contributed by atoms with Crippen LogP contribution in [0.1, 0.15) is 61.9 Å². The van der Waals surface area contributed by atoms with Crippen LogP contribution in [0.25, 0.3) is 11.2 Å². The van der Waals surface area contributed by atoms with E-state index in [4.69, 9.17) is 23.2 Å². The fraction of sp³-hybridized carbons (Fsp3) is 0.548. The third-order valence-electron chi connectivity index (χ3n) is 9.15. The number of amides is 2. The lowest BCUT2D eigenvalue weighted by molar-refractivity contribution is -0.211. The van der Waals surface area contributed by atoms with Crippen LogP contribution in [0.3, 0.4) is 0 Å². The molecular weight excluding hydrogens is 706 g/mol. The van der Waals surface area contributed by atoms with E-state index < -0.39 is 47.7 Å². The van der Waals surface area contributed by atoms with Gasteiger partial charge >= 0.3 is 12.4 Å². The Labute approximate surface area is 286 Å². The minimum Gasteiger partial charge on any atom is -0.353 e. The van der Waals surface area contributed by atoms with Crippen molar-refractivity contribution in [3.8, 4) is 0 Å². The normalized spacial score (nSPS) is 20.5. The lowest BCUT2D eigenvalue weighted by atomic mass is 9.85. The lowest BCUT2D eigenvalue weighted by Crippen LogP contribution is -2.46. The molecular formula is C31H34Cl2F7N7O2. The van der Waals surface area contributed by atoms with Crippen LogP contribution >= 0.6 is 23.2 Å². The number of hydrogen-bond acceptors (Lipinski definition) is 6. The summed E-state index contributed by atoms with van der Waals surface area (Å²) in [6.45, 7) is 1.47. The summed E-state index contributed by atoms with van der Waals surface area (Å²) in [6, 6.07) is 3.89. The van der Waals surface area contributed by atoms with Gasteiger partial charge in [0.15, 0.2) is 5.65 Å². The van der Waals surface area contributed by atoms with E-state index >= 15 is 0 Å². The number of nitrogens with one attached hydrogen (secondary N) is 3. The second-order valence-corrected chi connectivity index (χ2v) is 13.7. The van der Waals surface area contributed by atoms with Crippen LogP contribution in [-0.2, 0) is 18.4 Å². The number of hydrogen-bond donors (Lipinski definition) is 3. The molecule has 0 radical (unpaired) electrons. The Hall–Kier alpha value is -3.53. The molecule has 49 heavy (non-hydrogen) atoms. The maximum absolute atomic E-state index is 14.3. The lowest BCUT2D eigenvalue weighted by Gasteiger charge is -2.30. The molecule has 1 saturated carbocycles. The third kappa shape index (κ3) is 7.64. The molecule has 3 heterocycles. The largest absolute Gasteiger partial charge is 0.402 e. The number of carbonyl (C=O) groups excluding carboxylic acids is 2. The Balaban J connectivity index is 1.41. The molecule has 0 bridgehead atoms. The minimum atomic E-state index is -4.78. The van der Waals surface area contributed by atoms with Gasteiger partial charge < -0.3 is 20.9 Å². The molecule has 18 heteroatoms. The fourth-order valence-corrected chi connectivity index (χ4v) is 6.38. The van der Waals surface area contributed by atoms with Crippen LogP contribution in [0.15, 0.2) is 18.2 Å². The molecule has 1 atom stereocenters. The van der Waals surface area contributed by atoms with Crippen molar-refractivity contribution in [2.75, 3.05) is 23.3 Å². The number of alkyl halides is 7. The summed E-state index contributed by atoms with van der Waals surface area (Å²) >= 11 is 13.0. The third-order valence-corrected chi connectivity index (χ3v) is 9.90. The first kappa shape index (κ1) is 36.7. The Morgan fingerprint density at radius 3 is 2.27 bits per heavy atom. The maximum atomic E-state index is 14.3. The number of pyridine rings is 1. The standard InChI is InChI=1S/C31H34Cl2F7N7O2/c1-29(2,31(38,39)40)27(49)41-13-15-4-9-20(32)23(22(15)33)44-28-43-21-12-19(24(45-25(21)46(28)3)47-11-10-17(34)14-47)26(48)42-18-7-5-16(6-8-18)30(35,36)37/h4,9,12,16-18H,5-8,10-11,13-14H2,1-3H3,(H,41,49)(H,42,48)(H,43,44)/t16?,17-,18?/m1/s1. The van der Waals surface area contributed by atoms with Crippen LogP contribution in [-0.4, -0.2) is 64.0 Å². The molecule has 1 aromatic carbocycles. The summed E-state index contributed by atoms with van der Waals surface area (Å²) in [5, 5.41) is 8.21. The highest BCUT2D eigenvalue weighted by Gasteiger charge is 2.52. The van der Waals surface area contributed by atoms with Gasteiger partial charge in [0.25, 0.3) is 5.91 Å². The van der Waals surface area contributed by atoms with Gasteiger partial charge in [0.05, 0.1) is 33.8 Å². The average Bonchev–Trinajstić information content (AvgIpc) is 3.59. The highest BCUT2D eigenvalue weighted by Crippen LogP contribution is 2.40. The number of imidazole rings is 1. The zero-order valence-corrected chi connectivity index (χ0v) is 28.1. The molecule has 1 aliphatic heterocycles. The van der Waals surface area contributed by atoms with Crippen LogP contribution in [0.4, 0.5) is 48.2 Å². The van der Waals surface area contributed by atoms with Crippen molar-refractivity contribution in [1.29, 1.82) is 0 Å². The van der Waals surface area contributed by atoms with Crippen molar-refractivity contribution in [3.63, 3.8) is 0 Å². The van der Waals surface area contributed by atoms with E-state index in [9.17, 15) is 40.3 Å². The number of aryl methyl sites for hydroxylation is 1. The van der Waals surface area contributed by atoms with Crippen molar-refractivity contribution in [3.05, 3.63) is 39.4 Å². The summed E-state index contributed by atoms with van der Waals surface area (Å²) in [5.74, 6) is -2.88. The summed E-state index contributed by atoms with van der Waals surface area (Å²) in [4.78, 5) is 36.7. The molecule has 9 nitrogen and oxygen atoms in total. The maximum Gasteiger partial charge on any atom is 0.402 e. The molecule has 2 fully saturated rings. The quantitative estimate of drug-likeness (QED) is 0.206. The number of fused-ring (bicyclic) bond motifs is 1. The first-order valence-electron chi connectivity index (χ1n) is 15.5. The van der Waals surface area contributed by atoms with Gasteiger partial charge in [-0.1, -0.05) is 29.3 Å². The van der Waals surface area contributed by atoms with Gasteiger partial charge in [-0.25, -0.2) is 14.4 Å². The number of benzene rings is 1. The zero-order chi connectivity index (χ0) is 36.1. The Kier molecular flexibility index (Phi) is 10.2. The molecule has 3 N–H and O–H groups in total. The summed E-state index contributed by atoms with van der Waals surface area (Å²) in [6.07, 6.45) is -9.89. The topological polar surface area (TPSA) is 104 Å². The Morgan fingerprint density at radius 1 is 1.00 bits per heavy atom. The van der Waals surface area contributed by atoms with E-state index in [0.29, 0.717) is 5.65 Å². The number of anilines is 3. The predicted octanol–water partition coefficient (Wildman–Crippen LogP) is 7.62. The van der Waals surface area contributed by atoms with Crippen LogP contribution in [0.5, 0.6) is 0 Å². The number of carbonyl (C=O) groups is 2. The van der Waals surface area contributed by atoms with Crippen molar-refractivity contribution in [1.82, 2.24) is 25.2 Å². The van der Waals surface area contributed by atoms with Crippen LogP contribution < -0.4 is 20.9 Å². The Bertz CT molecular complexity index is 1740. The van der Waals surface area contributed by atoms with Gasteiger partial charge in [0.1, 0.15) is 22.9 Å². The van der Waals surface area contributed by atoms with Gasteiger partial charge in [-0.3, -0.25) is 14.2 Å². The number of rotatable bonds is 8. The van der Waals surface area contributed by atoms with Crippen molar-refractivity contribution >= 4 is 63.6 Å². The van der Waals surface area contributed by atoms with Crippen molar-refractivity contribution in [2.45, 2.75) is 77.1 Å². The highest BCUT2D eigenvalue weighted by molar-refractivity contribution is 6.39. The number of aromatic nitrogens is 3. The molecule has 2 aliphatic rings. The van der Waals surface area contributed by atoms with Crippen LogP contribution in [0.2, 0.25) is 10.0 Å². The first-order valence-corrected chi connectivity index (χ1v) is 16.3. The molecule has 3 aromatic rings. The SMILES string of the molecule is Cn1c(Nc2c(Cl)ccc(CNC(=O)C(C)(C)C(F)(F)F)c2Cl)nc2cc(C(=O)NC3CCC(C(F)(F)F)CC3)c(N3CC[C@@H](F)C3)nc21. The molecule has 5 rings (SSSR count). The van der Waals surface area contributed by atoms with E-state index in [1.165, 1.54) is 22.8 Å².